The summed E-state index contributed by atoms with van der Waals surface area (Å²) in [6.45, 7) is 0.770. The number of sulfonamides is 1. The Morgan fingerprint density at radius 2 is 1.79 bits per heavy atom. The van der Waals surface area contributed by atoms with Gasteiger partial charge in [-0.25, -0.2) is 17.2 Å². The molecule has 6 nitrogen and oxygen atoms in total. The van der Waals surface area contributed by atoms with Crippen molar-refractivity contribution in [3.63, 3.8) is 0 Å². The van der Waals surface area contributed by atoms with Gasteiger partial charge in [-0.2, -0.15) is 4.31 Å². The highest BCUT2D eigenvalue weighted by atomic mass is 32.2. The van der Waals surface area contributed by atoms with Crippen molar-refractivity contribution in [2.24, 2.45) is 0 Å². The van der Waals surface area contributed by atoms with Crippen molar-refractivity contribution in [2.45, 2.75) is 24.2 Å². The van der Waals surface area contributed by atoms with E-state index in [1.165, 1.54) is 16.4 Å². The number of anilines is 2. The Morgan fingerprint density at radius 3 is 2.54 bits per heavy atom. The van der Waals surface area contributed by atoms with E-state index in [0.29, 0.717) is 18.8 Å². The van der Waals surface area contributed by atoms with Crippen LogP contribution in [0, 0.1) is 11.6 Å². The summed E-state index contributed by atoms with van der Waals surface area (Å²) >= 11 is 0. The SMILES string of the molecule is O=C(CNc1cccc(S(=O)(=O)N2CCCCC2)c1)Nc1cc(F)ccc1F. The molecule has 2 aromatic rings. The molecule has 150 valence electrons. The number of carbonyl (C=O) groups is 1. The van der Waals surface area contributed by atoms with Crippen LogP contribution >= 0.6 is 0 Å². The second kappa shape index (κ2) is 8.66. The average molecular weight is 409 g/mol. The first-order valence-corrected chi connectivity index (χ1v) is 10.4. The van der Waals surface area contributed by atoms with E-state index in [2.05, 4.69) is 10.6 Å². The van der Waals surface area contributed by atoms with E-state index in [0.717, 1.165) is 37.5 Å². The van der Waals surface area contributed by atoms with Gasteiger partial charge >= 0.3 is 0 Å². The Morgan fingerprint density at radius 1 is 1.04 bits per heavy atom. The molecule has 0 saturated carbocycles. The van der Waals surface area contributed by atoms with E-state index < -0.39 is 27.6 Å². The van der Waals surface area contributed by atoms with Crippen LogP contribution in [0.2, 0.25) is 0 Å². The summed E-state index contributed by atoms with van der Waals surface area (Å²) in [4.78, 5) is 12.1. The average Bonchev–Trinajstić information content (AvgIpc) is 2.70. The molecule has 3 rings (SSSR count). The van der Waals surface area contributed by atoms with Gasteiger partial charge in [-0.15, -0.1) is 0 Å². The zero-order chi connectivity index (χ0) is 20.1. The number of amides is 1. The third-order valence-electron chi connectivity index (χ3n) is 4.44. The molecule has 0 atom stereocenters. The topological polar surface area (TPSA) is 78.5 Å². The highest BCUT2D eigenvalue weighted by Gasteiger charge is 2.26. The number of benzene rings is 2. The van der Waals surface area contributed by atoms with Crippen molar-refractivity contribution in [3.8, 4) is 0 Å². The van der Waals surface area contributed by atoms with Gasteiger partial charge in [-0.3, -0.25) is 4.79 Å². The summed E-state index contributed by atoms with van der Waals surface area (Å²) in [5.74, 6) is -2.00. The molecule has 2 aromatic carbocycles. The fourth-order valence-electron chi connectivity index (χ4n) is 2.99. The summed E-state index contributed by atoms with van der Waals surface area (Å²) < 4.78 is 53.7. The van der Waals surface area contributed by atoms with Crippen LogP contribution in [-0.4, -0.2) is 38.3 Å². The van der Waals surface area contributed by atoms with E-state index in [-0.39, 0.29) is 17.1 Å². The minimum atomic E-state index is -3.58. The number of carbonyl (C=O) groups excluding carboxylic acids is 1. The lowest BCUT2D eigenvalue weighted by Crippen LogP contribution is -2.35. The molecule has 0 radical (unpaired) electrons. The Bertz CT molecular complexity index is 961. The third kappa shape index (κ3) is 4.85. The van der Waals surface area contributed by atoms with Gasteiger partial charge in [0.15, 0.2) is 0 Å². The van der Waals surface area contributed by atoms with E-state index in [4.69, 9.17) is 0 Å². The molecule has 1 aliphatic heterocycles. The van der Waals surface area contributed by atoms with Gasteiger partial charge in [0.1, 0.15) is 11.6 Å². The van der Waals surface area contributed by atoms with Gasteiger partial charge in [0.05, 0.1) is 17.1 Å². The quantitative estimate of drug-likeness (QED) is 0.768. The van der Waals surface area contributed by atoms with Crippen LogP contribution in [0.3, 0.4) is 0 Å². The van der Waals surface area contributed by atoms with Gasteiger partial charge in [0.2, 0.25) is 15.9 Å². The number of rotatable bonds is 6. The second-order valence-electron chi connectivity index (χ2n) is 6.52. The van der Waals surface area contributed by atoms with Crippen LogP contribution in [0.5, 0.6) is 0 Å². The molecule has 9 heteroatoms. The third-order valence-corrected chi connectivity index (χ3v) is 6.34. The van der Waals surface area contributed by atoms with Crippen LogP contribution in [0.25, 0.3) is 0 Å². The molecule has 0 unspecified atom stereocenters. The minimum absolute atomic E-state index is 0.149. The molecule has 0 aliphatic carbocycles. The highest BCUT2D eigenvalue weighted by molar-refractivity contribution is 7.89. The van der Waals surface area contributed by atoms with E-state index in [1.807, 2.05) is 0 Å². The van der Waals surface area contributed by atoms with E-state index >= 15 is 0 Å². The monoisotopic (exact) mass is 409 g/mol. The molecular formula is C19H21F2N3O3S. The molecule has 1 fully saturated rings. The first-order valence-electron chi connectivity index (χ1n) is 8.95. The van der Waals surface area contributed by atoms with Gasteiger partial charge in [0.25, 0.3) is 0 Å². The van der Waals surface area contributed by atoms with Crippen LogP contribution < -0.4 is 10.6 Å². The zero-order valence-electron chi connectivity index (χ0n) is 15.1. The maximum absolute atomic E-state index is 13.6. The number of hydrogen-bond acceptors (Lipinski definition) is 4. The Labute approximate surface area is 162 Å². The molecule has 1 aliphatic rings. The largest absolute Gasteiger partial charge is 0.376 e. The van der Waals surface area contributed by atoms with E-state index in [1.54, 1.807) is 12.1 Å². The maximum Gasteiger partial charge on any atom is 0.243 e. The summed E-state index contributed by atoms with van der Waals surface area (Å²) in [5, 5.41) is 5.08. The lowest BCUT2D eigenvalue weighted by atomic mass is 10.2. The van der Waals surface area contributed by atoms with Gasteiger partial charge < -0.3 is 10.6 Å². The maximum atomic E-state index is 13.6. The predicted octanol–water partition coefficient (Wildman–Crippen LogP) is 3.19. The molecule has 2 N–H and O–H groups in total. The number of hydrogen-bond donors (Lipinski definition) is 2. The Kier molecular flexibility index (Phi) is 6.25. The van der Waals surface area contributed by atoms with Gasteiger partial charge in [-0.1, -0.05) is 12.5 Å². The minimum Gasteiger partial charge on any atom is -0.376 e. The van der Waals surface area contributed by atoms with Crippen LogP contribution in [-0.2, 0) is 14.8 Å². The lowest BCUT2D eigenvalue weighted by Gasteiger charge is -2.26. The van der Waals surface area contributed by atoms with Crippen LogP contribution in [0.4, 0.5) is 20.2 Å². The zero-order valence-corrected chi connectivity index (χ0v) is 15.9. The number of nitrogens with one attached hydrogen (secondary N) is 2. The van der Waals surface area contributed by atoms with Crippen molar-refractivity contribution >= 4 is 27.3 Å². The van der Waals surface area contributed by atoms with Crippen molar-refractivity contribution in [1.29, 1.82) is 0 Å². The summed E-state index contributed by atoms with van der Waals surface area (Å²) in [5.41, 5.74) is 0.182. The summed E-state index contributed by atoms with van der Waals surface area (Å²) in [7, 11) is -3.58. The lowest BCUT2D eigenvalue weighted by molar-refractivity contribution is -0.114. The second-order valence-corrected chi connectivity index (χ2v) is 8.46. The molecule has 1 amide bonds. The Balaban J connectivity index is 1.64. The summed E-state index contributed by atoms with van der Waals surface area (Å²) in [6, 6.07) is 8.95. The molecule has 1 heterocycles. The fraction of sp³-hybridized carbons (Fsp3) is 0.316. The molecule has 28 heavy (non-hydrogen) atoms. The van der Waals surface area contributed by atoms with Gasteiger partial charge in [0, 0.05) is 24.8 Å². The molecule has 0 bridgehead atoms. The summed E-state index contributed by atoms with van der Waals surface area (Å²) in [6.07, 6.45) is 2.70. The fourth-order valence-corrected chi connectivity index (χ4v) is 4.55. The van der Waals surface area contributed by atoms with Crippen molar-refractivity contribution in [3.05, 3.63) is 54.1 Å². The molecule has 0 aromatic heterocycles. The number of nitrogens with zero attached hydrogens (tertiary/aromatic N) is 1. The molecule has 1 saturated heterocycles. The van der Waals surface area contributed by atoms with Crippen molar-refractivity contribution in [1.82, 2.24) is 4.31 Å². The number of halogens is 2. The van der Waals surface area contributed by atoms with Crippen molar-refractivity contribution < 1.29 is 22.0 Å². The van der Waals surface area contributed by atoms with Crippen LogP contribution in [0.1, 0.15) is 19.3 Å². The highest BCUT2D eigenvalue weighted by Crippen LogP contribution is 2.23. The predicted molar refractivity (Wildman–Crippen MR) is 103 cm³/mol. The van der Waals surface area contributed by atoms with Gasteiger partial charge in [-0.05, 0) is 43.2 Å². The molecule has 0 spiro atoms. The number of piperidine rings is 1. The van der Waals surface area contributed by atoms with E-state index in [9.17, 15) is 22.0 Å². The normalized spacial score (nSPS) is 15.2. The smallest absolute Gasteiger partial charge is 0.243 e. The Hall–Kier alpha value is -2.52. The first kappa shape index (κ1) is 20.2. The van der Waals surface area contributed by atoms with Crippen LogP contribution in [0.15, 0.2) is 47.4 Å². The first-order chi connectivity index (χ1) is 13.4. The molecular weight excluding hydrogens is 388 g/mol. The van der Waals surface area contributed by atoms with Crippen molar-refractivity contribution in [2.75, 3.05) is 30.3 Å². The standard InChI is InChI=1S/C19H21F2N3O3S/c20-14-7-8-17(21)18(11-14)23-19(25)13-22-15-5-4-6-16(12-15)28(26,27)24-9-2-1-3-10-24/h4-8,11-12,22H,1-3,9-10,13H2,(H,23,25).